The van der Waals surface area contributed by atoms with Gasteiger partial charge in [0.15, 0.2) is 15.8 Å². The van der Waals surface area contributed by atoms with Crippen LogP contribution in [0.1, 0.15) is 44.6 Å². The van der Waals surface area contributed by atoms with E-state index in [0.717, 1.165) is 29.9 Å². The number of guanidine groups is 1. The van der Waals surface area contributed by atoms with E-state index in [1.54, 1.807) is 19.2 Å². The first-order chi connectivity index (χ1) is 11.9. The maximum Gasteiger partial charge on any atom is 0.191 e. The molecule has 2 N–H and O–H groups in total. The third-order valence-electron chi connectivity index (χ3n) is 4.93. The van der Waals surface area contributed by atoms with Crippen LogP contribution in [-0.2, 0) is 16.4 Å². The highest BCUT2D eigenvalue weighted by Crippen LogP contribution is 2.30. The van der Waals surface area contributed by atoms with Gasteiger partial charge in [0.05, 0.1) is 4.90 Å². The predicted octanol–water partition coefficient (Wildman–Crippen LogP) is 2.97. The van der Waals surface area contributed by atoms with Crippen LogP contribution in [0.3, 0.4) is 0 Å². The van der Waals surface area contributed by atoms with Crippen molar-refractivity contribution in [3.05, 3.63) is 29.8 Å². The van der Waals surface area contributed by atoms with Gasteiger partial charge in [-0.25, -0.2) is 8.42 Å². The molecule has 0 aromatic heterocycles. The minimum Gasteiger partial charge on any atom is -0.356 e. The molecule has 0 saturated heterocycles. The van der Waals surface area contributed by atoms with Crippen molar-refractivity contribution >= 4 is 15.8 Å². The summed E-state index contributed by atoms with van der Waals surface area (Å²) in [4.78, 5) is 4.60. The molecule has 1 fully saturated rings. The Hall–Kier alpha value is -1.56. The molecule has 25 heavy (non-hydrogen) atoms. The van der Waals surface area contributed by atoms with Gasteiger partial charge >= 0.3 is 0 Å². The monoisotopic (exact) mass is 365 g/mol. The van der Waals surface area contributed by atoms with Crippen LogP contribution in [0.25, 0.3) is 0 Å². The molecule has 0 amide bonds. The molecule has 1 aliphatic rings. The third-order valence-corrected chi connectivity index (χ3v) is 6.05. The first-order valence-corrected chi connectivity index (χ1v) is 11.0. The molecule has 0 aliphatic heterocycles. The summed E-state index contributed by atoms with van der Waals surface area (Å²) in [6.45, 7) is 3.91. The first-order valence-electron chi connectivity index (χ1n) is 9.12. The van der Waals surface area contributed by atoms with Crippen molar-refractivity contribution < 1.29 is 8.42 Å². The zero-order chi connectivity index (χ0) is 18.3. The second-order valence-electron chi connectivity index (χ2n) is 7.20. The number of benzene rings is 1. The molecule has 1 aromatic carbocycles. The van der Waals surface area contributed by atoms with Crippen molar-refractivity contribution in [3.8, 4) is 0 Å². The lowest BCUT2D eigenvalue weighted by molar-refractivity contribution is 0.270. The van der Waals surface area contributed by atoms with Crippen molar-refractivity contribution in [1.82, 2.24) is 10.6 Å². The molecule has 2 unspecified atom stereocenters. The second-order valence-corrected chi connectivity index (χ2v) is 9.21. The minimum absolute atomic E-state index is 0.348. The van der Waals surface area contributed by atoms with Gasteiger partial charge < -0.3 is 10.6 Å². The molecule has 140 valence electrons. The summed E-state index contributed by atoms with van der Waals surface area (Å²) in [5.74, 6) is 2.49. The van der Waals surface area contributed by atoms with Gasteiger partial charge in [-0.1, -0.05) is 38.3 Å². The lowest BCUT2D eigenvalue weighted by Gasteiger charge is -2.26. The lowest BCUT2D eigenvalue weighted by atomic mass is 9.81. The molecule has 1 saturated carbocycles. The Morgan fingerprint density at radius 1 is 1.20 bits per heavy atom. The van der Waals surface area contributed by atoms with E-state index >= 15 is 0 Å². The highest BCUT2D eigenvalue weighted by Gasteiger charge is 2.18. The van der Waals surface area contributed by atoms with Crippen LogP contribution < -0.4 is 10.6 Å². The maximum atomic E-state index is 11.5. The van der Waals surface area contributed by atoms with Crippen LogP contribution >= 0.6 is 0 Å². The van der Waals surface area contributed by atoms with Gasteiger partial charge in [0.2, 0.25) is 0 Å². The summed E-state index contributed by atoms with van der Waals surface area (Å²) in [6, 6.07) is 6.96. The largest absolute Gasteiger partial charge is 0.356 e. The topological polar surface area (TPSA) is 70.6 Å². The van der Waals surface area contributed by atoms with E-state index in [2.05, 4.69) is 22.5 Å². The molecule has 0 heterocycles. The van der Waals surface area contributed by atoms with E-state index in [1.165, 1.54) is 38.4 Å². The van der Waals surface area contributed by atoms with Gasteiger partial charge in [-0.15, -0.1) is 0 Å². The Morgan fingerprint density at radius 2 is 1.92 bits per heavy atom. The summed E-state index contributed by atoms with van der Waals surface area (Å²) < 4.78 is 23.0. The van der Waals surface area contributed by atoms with Crippen molar-refractivity contribution in [2.24, 2.45) is 16.8 Å². The fourth-order valence-electron chi connectivity index (χ4n) is 3.48. The predicted molar refractivity (Wildman–Crippen MR) is 103 cm³/mol. The standard InChI is InChI=1S/C19H31N3O2S/c1-15-5-4-6-16(13-15)11-12-21-19(20-2)22-14-17-7-9-18(10-8-17)25(3,23)24/h7-10,15-16H,4-6,11-14H2,1-3H3,(H2,20,21,22). The van der Waals surface area contributed by atoms with E-state index in [0.29, 0.717) is 11.4 Å². The molecule has 1 aromatic rings. The van der Waals surface area contributed by atoms with Crippen LogP contribution in [0.2, 0.25) is 0 Å². The van der Waals surface area contributed by atoms with Gasteiger partial charge in [-0.3, -0.25) is 4.99 Å². The number of aliphatic imine (C=N–C) groups is 1. The Bertz CT molecular complexity index is 668. The van der Waals surface area contributed by atoms with Crippen LogP contribution in [0.5, 0.6) is 0 Å². The van der Waals surface area contributed by atoms with Gasteiger partial charge in [-0.05, 0) is 42.4 Å². The van der Waals surface area contributed by atoms with Crippen molar-refractivity contribution in [2.75, 3.05) is 19.8 Å². The number of rotatable bonds is 6. The Kier molecular flexibility index (Phi) is 7.29. The summed E-state index contributed by atoms with van der Waals surface area (Å²) in [7, 11) is -1.37. The quantitative estimate of drug-likeness (QED) is 0.601. The second kappa shape index (κ2) is 9.22. The Morgan fingerprint density at radius 3 is 2.52 bits per heavy atom. The van der Waals surface area contributed by atoms with E-state index < -0.39 is 9.84 Å². The number of hydrogen-bond donors (Lipinski definition) is 2. The Labute approximate surface area is 152 Å². The van der Waals surface area contributed by atoms with E-state index in [4.69, 9.17) is 0 Å². The molecular formula is C19H31N3O2S. The highest BCUT2D eigenvalue weighted by molar-refractivity contribution is 7.90. The lowest BCUT2D eigenvalue weighted by Crippen LogP contribution is -2.38. The highest BCUT2D eigenvalue weighted by atomic mass is 32.2. The number of sulfone groups is 1. The molecule has 2 atom stereocenters. The molecule has 0 bridgehead atoms. The zero-order valence-electron chi connectivity index (χ0n) is 15.6. The number of nitrogens with one attached hydrogen (secondary N) is 2. The summed E-state index contributed by atoms with van der Waals surface area (Å²) >= 11 is 0. The number of hydrogen-bond acceptors (Lipinski definition) is 3. The van der Waals surface area contributed by atoms with Gasteiger partial charge in [0.25, 0.3) is 0 Å². The summed E-state index contributed by atoms with van der Waals surface area (Å²) in [6.07, 6.45) is 7.85. The van der Waals surface area contributed by atoms with Gasteiger partial charge in [0, 0.05) is 26.4 Å². The fraction of sp³-hybridized carbons (Fsp3) is 0.632. The van der Waals surface area contributed by atoms with E-state index in [-0.39, 0.29) is 0 Å². The van der Waals surface area contributed by atoms with Crippen molar-refractivity contribution in [3.63, 3.8) is 0 Å². The maximum absolute atomic E-state index is 11.5. The SMILES string of the molecule is CN=C(NCCC1CCCC(C)C1)NCc1ccc(S(C)(=O)=O)cc1. The molecule has 0 radical (unpaired) electrons. The Balaban J connectivity index is 1.74. The molecule has 0 spiro atoms. The molecule has 2 rings (SSSR count). The molecular weight excluding hydrogens is 334 g/mol. The van der Waals surface area contributed by atoms with E-state index in [1.807, 2.05) is 12.1 Å². The van der Waals surface area contributed by atoms with Crippen LogP contribution in [0.4, 0.5) is 0 Å². The molecule has 1 aliphatic carbocycles. The minimum atomic E-state index is -3.14. The van der Waals surface area contributed by atoms with Crippen molar-refractivity contribution in [2.45, 2.75) is 50.5 Å². The average molecular weight is 366 g/mol. The molecule has 6 heteroatoms. The first kappa shape index (κ1) is 19.8. The summed E-state index contributed by atoms with van der Waals surface area (Å²) in [5, 5.41) is 6.66. The van der Waals surface area contributed by atoms with Gasteiger partial charge in [-0.2, -0.15) is 0 Å². The van der Waals surface area contributed by atoms with Crippen LogP contribution in [0.15, 0.2) is 34.2 Å². The zero-order valence-corrected chi connectivity index (χ0v) is 16.4. The van der Waals surface area contributed by atoms with Gasteiger partial charge in [0.1, 0.15) is 0 Å². The van der Waals surface area contributed by atoms with Crippen molar-refractivity contribution in [1.29, 1.82) is 0 Å². The number of nitrogens with zero attached hydrogens (tertiary/aromatic N) is 1. The smallest absolute Gasteiger partial charge is 0.191 e. The normalized spacial score (nSPS) is 21.8. The third kappa shape index (κ3) is 6.69. The van der Waals surface area contributed by atoms with E-state index in [9.17, 15) is 8.42 Å². The van der Waals surface area contributed by atoms with Crippen LogP contribution in [-0.4, -0.2) is 34.2 Å². The summed E-state index contributed by atoms with van der Waals surface area (Å²) in [5.41, 5.74) is 1.02. The van der Waals surface area contributed by atoms with Crippen LogP contribution in [0, 0.1) is 11.8 Å². The average Bonchev–Trinajstić information content (AvgIpc) is 2.57. The fourth-order valence-corrected chi connectivity index (χ4v) is 4.11. The molecule has 5 nitrogen and oxygen atoms in total.